The van der Waals surface area contributed by atoms with E-state index in [0.717, 1.165) is 36.7 Å². The van der Waals surface area contributed by atoms with Crippen molar-refractivity contribution in [2.75, 3.05) is 11.4 Å². The summed E-state index contributed by atoms with van der Waals surface area (Å²) in [5.41, 5.74) is 6.34. The highest BCUT2D eigenvalue weighted by atomic mass is 28.3. The van der Waals surface area contributed by atoms with Crippen LogP contribution in [0.1, 0.15) is 31.0 Å². The number of aromatic nitrogens is 1. The number of benzene rings is 5. The van der Waals surface area contributed by atoms with Gasteiger partial charge in [-0.2, -0.15) is 0 Å². The van der Waals surface area contributed by atoms with E-state index < -0.39 is 8.07 Å². The van der Waals surface area contributed by atoms with Gasteiger partial charge in [0, 0.05) is 41.4 Å². The van der Waals surface area contributed by atoms with Gasteiger partial charge in [0.2, 0.25) is 0 Å². The normalized spacial score (nSPS) is 14.7. The first-order valence-electron chi connectivity index (χ1n) is 18.1. The summed E-state index contributed by atoms with van der Waals surface area (Å²) in [6.07, 6.45) is 20.6. The van der Waals surface area contributed by atoms with Crippen LogP contribution in [0.2, 0.25) is 5.54 Å². The molecule has 1 aliphatic rings. The Kier molecular flexibility index (Phi) is 10.5. The molecule has 252 valence electrons. The molecule has 0 bridgehead atoms. The first-order valence-corrected chi connectivity index (χ1v) is 20.2. The maximum atomic E-state index is 9.09. The molecular formula is C47H45N3Si. The smallest absolute Gasteiger partial charge is 0.157 e. The first-order chi connectivity index (χ1) is 25.3. The molecule has 0 aliphatic heterocycles. The van der Waals surface area contributed by atoms with E-state index in [1.807, 2.05) is 0 Å². The summed E-state index contributed by atoms with van der Waals surface area (Å²) in [6, 6.07) is 52.1. The van der Waals surface area contributed by atoms with Crippen molar-refractivity contribution in [3.63, 3.8) is 0 Å². The molecule has 51 heavy (non-hydrogen) atoms. The predicted octanol–water partition coefficient (Wildman–Crippen LogP) is 10.3. The SMILES string of the molecule is CCC/C=C\CN(/C=C/C=C(\C=N)[Si](c1ccccc1)(c1ccccc1)C1C=Cc2c(c3ccccc3n2-c2ccccc2)C1)c1ccccc1. The molecule has 4 heteroatoms. The molecule has 1 aromatic heterocycles. The number of unbranched alkanes of at least 4 members (excludes halogenated alkanes) is 1. The number of anilines is 1. The lowest BCUT2D eigenvalue weighted by atomic mass is 10.0. The number of hydrogen-bond acceptors (Lipinski definition) is 2. The second kappa shape index (κ2) is 15.9. The largest absolute Gasteiger partial charge is 0.344 e. The Balaban J connectivity index is 1.39. The highest BCUT2D eigenvalue weighted by molar-refractivity contribution is 7.10. The number of fused-ring (bicyclic) bond motifs is 3. The van der Waals surface area contributed by atoms with Gasteiger partial charge in [-0.15, -0.1) is 0 Å². The third-order valence-electron chi connectivity index (χ3n) is 10.1. The molecule has 0 spiro atoms. The Morgan fingerprint density at radius 2 is 1.37 bits per heavy atom. The molecule has 1 heterocycles. The highest BCUT2D eigenvalue weighted by Gasteiger charge is 2.47. The number of nitrogens with zero attached hydrogens (tertiary/aromatic N) is 2. The van der Waals surface area contributed by atoms with Crippen LogP contribution in [0.5, 0.6) is 0 Å². The lowest BCUT2D eigenvalue weighted by Gasteiger charge is -2.41. The van der Waals surface area contributed by atoms with Crippen LogP contribution in [0, 0.1) is 5.41 Å². The molecule has 1 unspecified atom stereocenters. The summed E-state index contributed by atoms with van der Waals surface area (Å²) in [6.45, 7) is 3.00. The lowest BCUT2D eigenvalue weighted by molar-refractivity contribution is 0.940. The molecule has 1 atom stereocenters. The Bertz CT molecular complexity index is 2140. The first kappa shape index (κ1) is 33.8. The number of nitrogens with one attached hydrogen (secondary N) is 1. The van der Waals surface area contributed by atoms with Gasteiger partial charge in [-0.05, 0) is 82.0 Å². The zero-order valence-electron chi connectivity index (χ0n) is 29.3. The van der Waals surface area contributed by atoms with E-state index in [9.17, 15) is 0 Å². The number of allylic oxidation sites excluding steroid dienone is 5. The number of para-hydroxylation sites is 3. The van der Waals surface area contributed by atoms with Crippen LogP contribution in [0.15, 0.2) is 187 Å². The molecule has 0 saturated heterocycles. The van der Waals surface area contributed by atoms with Crippen LogP contribution >= 0.6 is 0 Å². The molecule has 1 aliphatic carbocycles. The van der Waals surface area contributed by atoms with E-state index in [-0.39, 0.29) is 5.54 Å². The molecule has 0 saturated carbocycles. The van der Waals surface area contributed by atoms with E-state index in [4.69, 9.17) is 5.41 Å². The van der Waals surface area contributed by atoms with Crippen LogP contribution in [-0.4, -0.2) is 25.4 Å². The van der Waals surface area contributed by atoms with Gasteiger partial charge in [0.1, 0.15) is 0 Å². The fourth-order valence-electron chi connectivity index (χ4n) is 7.80. The van der Waals surface area contributed by atoms with Crippen molar-refractivity contribution in [2.45, 2.75) is 31.7 Å². The average Bonchev–Trinajstić information content (AvgIpc) is 3.53. The Morgan fingerprint density at radius 1 is 0.765 bits per heavy atom. The average molecular weight is 680 g/mol. The van der Waals surface area contributed by atoms with Crippen molar-refractivity contribution >= 4 is 47.3 Å². The summed E-state index contributed by atoms with van der Waals surface area (Å²) < 4.78 is 2.41. The molecule has 6 aromatic rings. The van der Waals surface area contributed by atoms with Crippen LogP contribution in [0.3, 0.4) is 0 Å². The van der Waals surface area contributed by atoms with E-state index in [1.54, 1.807) is 6.21 Å². The van der Waals surface area contributed by atoms with Crippen LogP contribution in [0.4, 0.5) is 5.69 Å². The van der Waals surface area contributed by atoms with E-state index in [1.165, 1.54) is 38.2 Å². The third kappa shape index (κ3) is 6.75. The van der Waals surface area contributed by atoms with Crippen LogP contribution in [-0.2, 0) is 6.42 Å². The summed E-state index contributed by atoms with van der Waals surface area (Å²) in [4.78, 5) is 2.28. The molecule has 0 radical (unpaired) electrons. The maximum Gasteiger partial charge on any atom is 0.157 e. The summed E-state index contributed by atoms with van der Waals surface area (Å²) in [5.74, 6) is 0. The Hall–Kier alpha value is -5.71. The van der Waals surface area contributed by atoms with Gasteiger partial charge in [-0.1, -0.05) is 153 Å². The highest BCUT2D eigenvalue weighted by Crippen LogP contribution is 2.42. The monoisotopic (exact) mass is 679 g/mol. The second-order valence-corrected chi connectivity index (χ2v) is 17.2. The van der Waals surface area contributed by atoms with Gasteiger partial charge >= 0.3 is 0 Å². The maximum absolute atomic E-state index is 9.09. The summed E-state index contributed by atoms with van der Waals surface area (Å²) >= 11 is 0. The fraction of sp³-hybridized carbons (Fsp3) is 0.128. The van der Waals surface area contributed by atoms with Gasteiger partial charge in [0.05, 0.1) is 5.52 Å². The third-order valence-corrected chi connectivity index (χ3v) is 15.3. The summed E-state index contributed by atoms with van der Waals surface area (Å²) in [7, 11) is -2.85. The van der Waals surface area contributed by atoms with Gasteiger partial charge < -0.3 is 14.9 Å². The Morgan fingerprint density at radius 3 is 2.02 bits per heavy atom. The molecule has 0 fully saturated rings. The van der Waals surface area contributed by atoms with Crippen molar-refractivity contribution in [1.29, 1.82) is 5.41 Å². The summed E-state index contributed by atoms with van der Waals surface area (Å²) in [5, 5.41) is 14.1. The topological polar surface area (TPSA) is 32.0 Å². The molecule has 7 rings (SSSR count). The second-order valence-electron chi connectivity index (χ2n) is 13.1. The minimum Gasteiger partial charge on any atom is -0.344 e. The van der Waals surface area contributed by atoms with E-state index >= 15 is 0 Å². The number of hydrogen-bond donors (Lipinski definition) is 1. The fourth-order valence-corrected chi connectivity index (χ4v) is 13.0. The van der Waals surface area contributed by atoms with Crippen molar-refractivity contribution < 1.29 is 0 Å². The van der Waals surface area contributed by atoms with Crippen LogP contribution < -0.4 is 15.3 Å². The van der Waals surface area contributed by atoms with Gasteiger partial charge in [0.15, 0.2) is 8.07 Å². The minimum atomic E-state index is -2.85. The van der Waals surface area contributed by atoms with Gasteiger partial charge in [-0.3, -0.25) is 0 Å². The number of rotatable bonds is 13. The van der Waals surface area contributed by atoms with Crippen molar-refractivity contribution in [3.05, 3.63) is 199 Å². The lowest BCUT2D eigenvalue weighted by Crippen LogP contribution is -2.64. The molecule has 1 N–H and O–H groups in total. The van der Waals surface area contributed by atoms with Crippen LogP contribution in [0.25, 0.3) is 22.7 Å². The van der Waals surface area contributed by atoms with Crippen molar-refractivity contribution in [1.82, 2.24) is 4.57 Å². The molecule has 3 nitrogen and oxygen atoms in total. The molecular weight excluding hydrogens is 635 g/mol. The quantitative estimate of drug-likeness (QED) is 0.0560. The zero-order valence-corrected chi connectivity index (χ0v) is 30.3. The van der Waals surface area contributed by atoms with E-state index in [2.05, 4.69) is 205 Å². The van der Waals surface area contributed by atoms with Crippen molar-refractivity contribution in [2.24, 2.45) is 0 Å². The van der Waals surface area contributed by atoms with Gasteiger partial charge in [-0.25, -0.2) is 0 Å². The van der Waals surface area contributed by atoms with Gasteiger partial charge in [0.25, 0.3) is 0 Å². The predicted molar refractivity (Wildman–Crippen MR) is 222 cm³/mol. The standard InChI is InChI=1S/C47H45N3Si/c1-2-3-4-19-34-49(38-21-9-5-10-22-38)35-20-29-43(37-48)51(40-25-13-7-14-26-40,41-27-15-8-16-28-41)42-32-33-47-45(36-42)44-30-17-18-31-46(44)50(47)39-23-11-6-12-24-39/h4-33,35,37,42,48H,2-3,34,36H2,1H3/b19-4-,35-20+,43-29+,48-37?. The van der Waals surface area contributed by atoms with Crippen molar-refractivity contribution in [3.8, 4) is 5.69 Å². The molecule has 0 amide bonds. The Labute approximate surface area is 303 Å². The molecule has 5 aromatic carbocycles. The zero-order chi connectivity index (χ0) is 34.9. The minimum absolute atomic E-state index is 0.174. The van der Waals surface area contributed by atoms with E-state index in [0.29, 0.717) is 0 Å².